The molecule has 0 spiro atoms. The number of aryl methyl sites for hydroxylation is 4. The fourth-order valence-electron chi connectivity index (χ4n) is 8.21. The molecule has 0 bridgehead atoms. The van der Waals surface area contributed by atoms with E-state index in [1.165, 1.54) is 61.2 Å². The molecule has 8 aromatic rings. The van der Waals surface area contributed by atoms with Crippen molar-refractivity contribution in [2.24, 2.45) is 0 Å². The summed E-state index contributed by atoms with van der Waals surface area (Å²) in [6.07, 6.45) is 0. The van der Waals surface area contributed by atoms with Gasteiger partial charge in [0.1, 0.15) is 11.2 Å². The molecule has 3 heteroatoms. The summed E-state index contributed by atoms with van der Waals surface area (Å²) in [4.78, 5) is 4.85. The van der Waals surface area contributed by atoms with Crippen molar-refractivity contribution in [2.45, 2.75) is 47.0 Å². The van der Waals surface area contributed by atoms with Crippen LogP contribution >= 0.6 is 0 Å². The second kappa shape index (κ2) is 11.1. The summed E-state index contributed by atoms with van der Waals surface area (Å²) in [7, 11) is 0. The second-order valence-corrected chi connectivity index (χ2v) is 14.6. The van der Waals surface area contributed by atoms with Crippen LogP contribution in [-0.4, -0.2) is 0 Å². The molecule has 7 aromatic carbocycles. The Bertz CT molecular complexity index is 2600. The van der Waals surface area contributed by atoms with Crippen molar-refractivity contribution in [3.05, 3.63) is 167 Å². The molecule has 1 aliphatic rings. The average molecular weight is 649 g/mol. The number of hydrogen-bond acceptors (Lipinski definition) is 3. The normalized spacial score (nSPS) is 13.5. The minimum atomic E-state index is -0.195. The molecule has 9 rings (SSSR count). The third kappa shape index (κ3) is 4.64. The molecule has 244 valence electrons. The summed E-state index contributed by atoms with van der Waals surface area (Å²) in [5, 5.41) is 4.80. The zero-order valence-electron chi connectivity index (χ0n) is 29.5. The Labute approximate surface area is 294 Å². The molecule has 0 amide bonds. The third-order valence-corrected chi connectivity index (χ3v) is 10.7. The van der Waals surface area contributed by atoms with Crippen LogP contribution < -0.4 is 9.80 Å². The topological polar surface area (TPSA) is 19.6 Å². The van der Waals surface area contributed by atoms with Gasteiger partial charge in [0, 0.05) is 45.0 Å². The van der Waals surface area contributed by atoms with Crippen LogP contribution in [0.1, 0.15) is 47.2 Å². The number of rotatable bonds is 4. The highest BCUT2D eigenvalue weighted by molar-refractivity contribution is 6.08. The summed E-state index contributed by atoms with van der Waals surface area (Å²) in [6, 6.07) is 48.9. The minimum absolute atomic E-state index is 0.195. The monoisotopic (exact) mass is 648 g/mol. The molecule has 0 saturated heterocycles. The summed E-state index contributed by atoms with van der Waals surface area (Å²) in [5.41, 5.74) is 16.2. The van der Waals surface area contributed by atoms with Gasteiger partial charge < -0.3 is 14.2 Å². The lowest BCUT2D eigenvalue weighted by molar-refractivity contribution is 0.630. The van der Waals surface area contributed by atoms with E-state index in [1.54, 1.807) is 0 Å². The van der Waals surface area contributed by atoms with Crippen LogP contribution in [0.4, 0.5) is 34.1 Å². The van der Waals surface area contributed by atoms with Gasteiger partial charge in [0.25, 0.3) is 0 Å². The molecule has 0 saturated carbocycles. The van der Waals surface area contributed by atoms with Crippen LogP contribution in [0.5, 0.6) is 0 Å². The van der Waals surface area contributed by atoms with Crippen molar-refractivity contribution >= 4 is 66.8 Å². The lowest BCUT2D eigenvalue weighted by Gasteiger charge is -2.42. The van der Waals surface area contributed by atoms with Crippen LogP contribution in [0, 0.1) is 27.7 Å². The fraction of sp³-hybridized carbons (Fsp3) is 0.149. The Morgan fingerprint density at radius 2 is 1.18 bits per heavy atom. The second-order valence-electron chi connectivity index (χ2n) is 14.6. The summed E-state index contributed by atoms with van der Waals surface area (Å²) in [6.45, 7) is 13.5. The molecule has 2 heterocycles. The van der Waals surface area contributed by atoms with Gasteiger partial charge in [-0.15, -0.1) is 0 Å². The first-order valence-electron chi connectivity index (χ1n) is 17.5. The molecule has 0 fully saturated rings. The van der Waals surface area contributed by atoms with Gasteiger partial charge in [0.2, 0.25) is 0 Å². The van der Waals surface area contributed by atoms with Crippen molar-refractivity contribution in [1.82, 2.24) is 0 Å². The number of furan rings is 1. The highest BCUT2D eigenvalue weighted by atomic mass is 16.3. The first-order valence-corrected chi connectivity index (χ1v) is 17.5. The predicted molar refractivity (Wildman–Crippen MR) is 212 cm³/mol. The van der Waals surface area contributed by atoms with Crippen LogP contribution in [0.15, 0.2) is 138 Å². The fourth-order valence-corrected chi connectivity index (χ4v) is 8.21. The quantitative estimate of drug-likeness (QED) is 0.189. The van der Waals surface area contributed by atoms with Crippen molar-refractivity contribution in [3.63, 3.8) is 0 Å². The van der Waals surface area contributed by atoms with Crippen molar-refractivity contribution in [3.8, 4) is 0 Å². The van der Waals surface area contributed by atoms with E-state index in [1.807, 2.05) is 6.07 Å². The molecule has 1 aliphatic heterocycles. The lowest BCUT2D eigenvalue weighted by Crippen LogP contribution is -2.30. The zero-order valence-corrected chi connectivity index (χ0v) is 29.5. The molecule has 0 N–H and O–H groups in total. The molecule has 1 aromatic heterocycles. The predicted octanol–water partition coefficient (Wildman–Crippen LogP) is 13.6. The maximum absolute atomic E-state index is 6.47. The number of para-hydroxylation sites is 2. The van der Waals surface area contributed by atoms with Gasteiger partial charge in [-0.2, -0.15) is 0 Å². The van der Waals surface area contributed by atoms with E-state index in [-0.39, 0.29) is 5.41 Å². The number of fused-ring (bicyclic) bond motifs is 6. The molecular formula is C47H40N2O. The third-order valence-electron chi connectivity index (χ3n) is 10.7. The van der Waals surface area contributed by atoms with Crippen LogP contribution in [0.25, 0.3) is 32.7 Å². The van der Waals surface area contributed by atoms with E-state index in [2.05, 4.69) is 179 Å². The number of benzene rings is 7. The molecule has 0 radical (unpaired) electrons. The molecule has 0 unspecified atom stereocenters. The number of nitrogens with zero attached hydrogens (tertiary/aromatic N) is 2. The summed E-state index contributed by atoms with van der Waals surface area (Å²) < 4.78 is 6.47. The first-order chi connectivity index (χ1) is 24.2. The van der Waals surface area contributed by atoms with Crippen molar-refractivity contribution in [1.29, 1.82) is 0 Å². The summed E-state index contributed by atoms with van der Waals surface area (Å²) >= 11 is 0. The summed E-state index contributed by atoms with van der Waals surface area (Å²) in [5.74, 6) is 0. The lowest BCUT2D eigenvalue weighted by atomic mass is 9.73. The van der Waals surface area contributed by atoms with Gasteiger partial charge in [-0.1, -0.05) is 74.5 Å². The molecule has 50 heavy (non-hydrogen) atoms. The van der Waals surface area contributed by atoms with E-state index in [4.69, 9.17) is 4.42 Å². The highest BCUT2D eigenvalue weighted by Crippen LogP contribution is 2.54. The van der Waals surface area contributed by atoms with E-state index < -0.39 is 0 Å². The molecule has 3 nitrogen and oxygen atoms in total. The Kier molecular flexibility index (Phi) is 6.73. The largest absolute Gasteiger partial charge is 0.456 e. The molecule has 0 atom stereocenters. The Balaban J connectivity index is 1.25. The van der Waals surface area contributed by atoms with Crippen molar-refractivity contribution in [2.75, 3.05) is 9.80 Å². The first kappa shape index (κ1) is 30.3. The van der Waals surface area contributed by atoms with E-state index in [9.17, 15) is 0 Å². The van der Waals surface area contributed by atoms with Crippen LogP contribution in [-0.2, 0) is 5.41 Å². The number of hydrogen-bond donors (Lipinski definition) is 0. The molecular weight excluding hydrogens is 609 g/mol. The number of anilines is 6. The van der Waals surface area contributed by atoms with E-state index in [0.29, 0.717) is 0 Å². The molecule has 0 aliphatic carbocycles. The Morgan fingerprint density at radius 1 is 0.480 bits per heavy atom. The standard InChI is InChI=1S/C47H40N2O/c1-29-13-11-15-34(21-29)48(35-16-12-14-30(2)22-35)36-24-31(3)38-27-43(32(4)23-33(38)25-36)49-42-19-9-8-18-40(42)47(5,6)41-26-39-37-17-7-10-20-45(37)50-46(39)28-44(41)49/h7-28H,1-6H3. The van der Waals surface area contributed by atoms with E-state index >= 15 is 0 Å². The Morgan fingerprint density at radius 3 is 1.92 bits per heavy atom. The van der Waals surface area contributed by atoms with Gasteiger partial charge in [-0.25, -0.2) is 0 Å². The maximum atomic E-state index is 6.47. The minimum Gasteiger partial charge on any atom is -0.456 e. The smallest absolute Gasteiger partial charge is 0.137 e. The average Bonchev–Trinajstić information content (AvgIpc) is 3.46. The zero-order chi connectivity index (χ0) is 34.3. The van der Waals surface area contributed by atoms with Gasteiger partial charge in [-0.05, 0) is 139 Å². The van der Waals surface area contributed by atoms with Gasteiger partial charge >= 0.3 is 0 Å². The van der Waals surface area contributed by atoms with Gasteiger partial charge in [0.05, 0.1) is 11.4 Å². The maximum Gasteiger partial charge on any atom is 0.137 e. The Hall–Kier alpha value is -5.80. The van der Waals surface area contributed by atoms with E-state index in [0.717, 1.165) is 39.0 Å². The van der Waals surface area contributed by atoms with Crippen molar-refractivity contribution < 1.29 is 4.42 Å². The van der Waals surface area contributed by atoms with Crippen LogP contribution in [0.2, 0.25) is 0 Å². The SMILES string of the molecule is Cc1cccc(N(c2cccc(C)c2)c2cc(C)c3cc(N4c5ccccc5C(C)(C)c5cc6c(cc54)oc4ccccc46)c(C)cc3c2)c1. The van der Waals surface area contributed by atoms with Gasteiger partial charge in [-0.3, -0.25) is 0 Å². The van der Waals surface area contributed by atoms with Crippen LogP contribution in [0.3, 0.4) is 0 Å². The van der Waals surface area contributed by atoms with Gasteiger partial charge in [0.15, 0.2) is 0 Å². The highest BCUT2D eigenvalue weighted by Gasteiger charge is 2.38.